The zero-order chi connectivity index (χ0) is 15.9. The van der Waals surface area contributed by atoms with Gasteiger partial charge in [-0.25, -0.2) is 0 Å². The molecule has 2 aliphatic heterocycles. The molecule has 1 saturated carbocycles. The normalized spacial score (nSPS) is 30.5. The molecule has 4 nitrogen and oxygen atoms in total. The Balaban J connectivity index is 1.40. The van der Waals surface area contributed by atoms with Crippen LogP contribution < -0.4 is 0 Å². The number of nitrogens with zero attached hydrogens (tertiary/aromatic N) is 2. The SMILES string of the molecule is c1ccc(C2=NOC3C2CCC2C(c4ccccc4)=NOC23)cc1. The predicted octanol–water partition coefficient (Wildman–Crippen LogP) is 3.62. The van der Waals surface area contributed by atoms with Crippen LogP contribution in [0.4, 0.5) is 0 Å². The topological polar surface area (TPSA) is 43.2 Å². The van der Waals surface area contributed by atoms with Crippen molar-refractivity contribution >= 4 is 11.4 Å². The summed E-state index contributed by atoms with van der Waals surface area (Å²) in [5.41, 5.74) is 4.39. The highest BCUT2D eigenvalue weighted by Gasteiger charge is 2.52. The van der Waals surface area contributed by atoms with Crippen molar-refractivity contribution in [2.45, 2.75) is 25.0 Å². The molecular formula is C20H18N2O2. The molecule has 0 N–H and O–H groups in total. The average molecular weight is 318 g/mol. The second-order valence-corrected chi connectivity index (χ2v) is 6.62. The van der Waals surface area contributed by atoms with Crippen LogP contribution >= 0.6 is 0 Å². The van der Waals surface area contributed by atoms with Crippen LogP contribution in [0, 0.1) is 11.8 Å². The van der Waals surface area contributed by atoms with Crippen LogP contribution in [0.5, 0.6) is 0 Å². The second kappa shape index (κ2) is 5.48. The van der Waals surface area contributed by atoms with Crippen LogP contribution in [-0.2, 0) is 9.68 Å². The third kappa shape index (κ3) is 2.06. The van der Waals surface area contributed by atoms with Gasteiger partial charge in [-0.05, 0) is 24.0 Å². The molecule has 2 aromatic carbocycles. The highest BCUT2D eigenvalue weighted by Crippen LogP contribution is 2.43. The van der Waals surface area contributed by atoms with E-state index in [4.69, 9.17) is 9.68 Å². The number of benzene rings is 2. The van der Waals surface area contributed by atoms with Crippen LogP contribution in [0.3, 0.4) is 0 Å². The van der Waals surface area contributed by atoms with Crippen LogP contribution in [0.25, 0.3) is 0 Å². The van der Waals surface area contributed by atoms with Gasteiger partial charge in [0, 0.05) is 11.8 Å². The molecule has 1 aliphatic carbocycles. The van der Waals surface area contributed by atoms with Gasteiger partial charge in [0.2, 0.25) is 0 Å². The molecule has 120 valence electrons. The van der Waals surface area contributed by atoms with E-state index in [1.54, 1.807) is 0 Å². The van der Waals surface area contributed by atoms with Crippen molar-refractivity contribution in [2.75, 3.05) is 0 Å². The van der Waals surface area contributed by atoms with Gasteiger partial charge < -0.3 is 9.68 Å². The maximum absolute atomic E-state index is 5.81. The summed E-state index contributed by atoms with van der Waals surface area (Å²) in [6, 6.07) is 20.6. The Morgan fingerprint density at radius 1 is 0.625 bits per heavy atom. The van der Waals surface area contributed by atoms with Gasteiger partial charge in [-0.15, -0.1) is 0 Å². The van der Waals surface area contributed by atoms with Gasteiger partial charge >= 0.3 is 0 Å². The third-order valence-corrected chi connectivity index (χ3v) is 5.29. The number of rotatable bonds is 2. The van der Waals surface area contributed by atoms with Crippen molar-refractivity contribution in [1.29, 1.82) is 0 Å². The molecule has 3 aliphatic rings. The number of oxime groups is 2. The summed E-state index contributed by atoms with van der Waals surface area (Å²) in [4.78, 5) is 11.6. The van der Waals surface area contributed by atoms with Crippen LogP contribution in [-0.4, -0.2) is 23.6 Å². The lowest BCUT2D eigenvalue weighted by molar-refractivity contribution is -0.0888. The molecule has 0 spiro atoms. The van der Waals surface area contributed by atoms with Crippen LogP contribution in [0.15, 0.2) is 71.0 Å². The van der Waals surface area contributed by atoms with Crippen LogP contribution in [0.2, 0.25) is 0 Å². The van der Waals surface area contributed by atoms with Gasteiger partial charge in [-0.3, -0.25) is 0 Å². The minimum absolute atomic E-state index is 0.0380. The summed E-state index contributed by atoms with van der Waals surface area (Å²) in [5.74, 6) is 0.581. The van der Waals surface area contributed by atoms with E-state index in [9.17, 15) is 0 Å². The van der Waals surface area contributed by atoms with E-state index in [1.807, 2.05) is 36.4 Å². The van der Waals surface area contributed by atoms with Crippen molar-refractivity contribution in [2.24, 2.45) is 22.1 Å². The second-order valence-electron chi connectivity index (χ2n) is 6.62. The average Bonchev–Trinajstić information content (AvgIpc) is 3.27. The Morgan fingerprint density at radius 3 is 1.46 bits per heavy atom. The zero-order valence-electron chi connectivity index (χ0n) is 13.2. The molecule has 0 amide bonds. The summed E-state index contributed by atoms with van der Waals surface area (Å²) in [6.45, 7) is 0. The summed E-state index contributed by atoms with van der Waals surface area (Å²) in [6.07, 6.45) is 2.02. The summed E-state index contributed by atoms with van der Waals surface area (Å²) >= 11 is 0. The van der Waals surface area contributed by atoms with E-state index in [0.717, 1.165) is 35.4 Å². The highest BCUT2D eigenvalue weighted by atomic mass is 16.7. The van der Waals surface area contributed by atoms with E-state index in [0.29, 0.717) is 11.8 Å². The van der Waals surface area contributed by atoms with E-state index in [2.05, 4.69) is 34.6 Å². The van der Waals surface area contributed by atoms with E-state index in [-0.39, 0.29) is 12.2 Å². The lowest BCUT2D eigenvalue weighted by Gasteiger charge is -2.32. The fourth-order valence-electron chi connectivity index (χ4n) is 4.12. The molecule has 2 heterocycles. The third-order valence-electron chi connectivity index (χ3n) is 5.29. The Hall–Kier alpha value is -2.62. The smallest absolute Gasteiger partial charge is 0.175 e. The Labute approximate surface area is 140 Å². The standard InChI is InChI=1S/C20H18N2O2/c1-3-7-13(8-4-1)17-15-11-12-16-18(14-9-5-2-6-10-14)22-24-20(16)19(15)23-21-17/h1-10,15-16,19-20H,11-12H2. The summed E-state index contributed by atoms with van der Waals surface area (Å²) in [5, 5.41) is 8.79. The van der Waals surface area contributed by atoms with Crippen molar-refractivity contribution in [1.82, 2.24) is 0 Å². The summed E-state index contributed by atoms with van der Waals surface area (Å²) in [7, 11) is 0. The van der Waals surface area contributed by atoms with Crippen LogP contribution in [0.1, 0.15) is 24.0 Å². The molecule has 1 fully saturated rings. The number of fused-ring (bicyclic) bond motifs is 3. The van der Waals surface area contributed by atoms with Crippen molar-refractivity contribution in [3.8, 4) is 0 Å². The fourth-order valence-corrected chi connectivity index (χ4v) is 4.12. The van der Waals surface area contributed by atoms with Gasteiger partial charge in [0.15, 0.2) is 12.2 Å². The minimum Gasteiger partial charge on any atom is -0.387 e. The fraction of sp³-hybridized carbons (Fsp3) is 0.300. The van der Waals surface area contributed by atoms with Gasteiger partial charge in [-0.1, -0.05) is 71.0 Å². The monoisotopic (exact) mass is 318 g/mol. The molecule has 5 rings (SSSR count). The maximum Gasteiger partial charge on any atom is 0.175 e. The molecule has 0 radical (unpaired) electrons. The molecule has 2 aromatic rings. The molecule has 4 atom stereocenters. The zero-order valence-corrected chi connectivity index (χ0v) is 13.2. The Kier molecular flexibility index (Phi) is 3.15. The Morgan fingerprint density at radius 2 is 1.04 bits per heavy atom. The minimum atomic E-state index is -0.0380. The maximum atomic E-state index is 5.81. The molecule has 4 unspecified atom stereocenters. The molecule has 24 heavy (non-hydrogen) atoms. The van der Waals surface area contributed by atoms with Gasteiger partial charge in [-0.2, -0.15) is 0 Å². The first kappa shape index (κ1) is 13.8. The quantitative estimate of drug-likeness (QED) is 0.849. The Bertz CT molecular complexity index is 731. The van der Waals surface area contributed by atoms with Crippen molar-refractivity contribution < 1.29 is 9.68 Å². The predicted molar refractivity (Wildman–Crippen MR) is 91.9 cm³/mol. The lowest BCUT2D eigenvalue weighted by atomic mass is 9.72. The first-order valence-electron chi connectivity index (χ1n) is 8.50. The molecule has 4 heteroatoms. The first-order valence-corrected chi connectivity index (χ1v) is 8.50. The van der Waals surface area contributed by atoms with Crippen molar-refractivity contribution in [3.05, 3.63) is 71.8 Å². The van der Waals surface area contributed by atoms with E-state index < -0.39 is 0 Å². The van der Waals surface area contributed by atoms with Gasteiger partial charge in [0.1, 0.15) is 0 Å². The van der Waals surface area contributed by atoms with E-state index >= 15 is 0 Å². The largest absolute Gasteiger partial charge is 0.387 e. The van der Waals surface area contributed by atoms with Crippen molar-refractivity contribution in [3.63, 3.8) is 0 Å². The molecular weight excluding hydrogens is 300 g/mol. The molecule has 0 aromatic heterocycles. The number of hydrogen-bond donors (Lipinski definition) is 0. The summed E-state index contributed by atoms with van der Waals surface area (Å²) < 4.78 is 0. The van der Waals surface area contributed by atoms with Gasteiger partial charge in [0.25, 0.3) is 0 Å². The number of hydrogen-bond acceptors (Lipinski definition) is 4. The molecule has 0 saturated heterocycles. The highest BCUT2D eigenvalue weighted by molar-refractivity contribution is 6.05. The lowest BCUT2D eigenvalue weighted by Crippen LogP contribution is -2.45. The van der Waals surface area contributed by atoms with E-state index in [1.165, 1.54) is 0 Å². The first-order chi connectivity index (χ1) is 11.9. The van der Waals surface area contributed by atoms with Gasteiger partial charge in [0.05, 0.1) is 11.4 Å². The molecule has 0 bridgehead atoms.